The third-order valence-corrected chi connectivity index (χ3v) is 5.21. The molecule has 0 bridgehead atoms. The topological polar surface area (TPSA) is 37.2 Å². The van der Waals surface area contributed by atoms with E-state index >= 15 is 0 Å². The van der Waals surface area contributed by atoms with E-state index in [0.29, 0.717) is 5.88 Å². The Hall–Kier alpha value is -4.24. The van der Waals surface area contributed by atoms with Crippen molar-refractivity contribution in [2.75, 3.05) is 10.6 Å². The average molecular weight is 402 g/mol. The van der Waals surface area contributed by atoms with E-state index in [2.05, 4.69) is 77.4 Å². The van der Waals surface area contributed by atoms with E-state index in [0.717, 1.165) is 39.3 Å². The molecule has 1 aromatic heterocycles. The predicted octanol–water partition coefficient (Wildman–Crippen LogP) is 8.10. The van der Waals surface area contributed by atoms with Crippen LogP contribution in [0.5, 0.6) is 0 Å². The summed E-state index contributed by atoms with van der Waals surface area (Å²) in [4.78, 5) is 0. The summed E-state index contributed by atoms with van der Waals surface area (Å²) in [5.41, 5.74) is 7.47. The lowest BCUT2D eigenvalue weighted by Crippen LogP contribution is -1.97. The first-order chi connectivity index (χ1) is 15.4. The van der Waals surface area contributed by atoms with E-state index in [-0.39, 0.29) is 0 Å². The normalized spacial score (nSPS) is 10.6. The lowest BCUT2D eigenvalue weighted by atomic mass is 10.0. The zero-order valence-corrected chi connectivity index (χ0v) is 17.0. The number of anilines is 4. The second-order valence-electron chi connectivity index (χ2n) is 7.24. The number of rotatable bonds is 6. The number of furan rings is 1. The highest BCUT2D eigenvalue weighted by Crippen LogP contribution is 2.36. The van der Waals surface area contributed by atoms with Crippen molar-refractivity contribution in [1.29, 1.82) is 0 Å². The smallest absolute Gasteiger partial charge is 0.220 e. The Morgan fingerprint density at radius 2 is 0.903 bits per heavy atom. The average Bonchev–Trinajstić information content (AvgIpc) is 3.27. The van der Waals surface area contributed by atoms with Crippen LogP contribution in [0.4, 0.5) is 22.9 Å². The van der Waals surface area contributed by atoms with Gasteiger partial charge in [0.15, 0.2) is 0 Å². The maximum atomic E-state index is 5.80. The lowest BCUT2D eigenvalue weighted by Gasteiger charge is -2.14. The highest BCUT2D eigenvalue weighted by molar-refractivity contribution is 5.86. The molecule has 3 heteroatoms. The minimum atomic E-state index is 0.672. The Morgan fingerprint density at radius 1 is 0.419 bits per heavy atom. The van der Waals surface area contributed by atoms with Gasteiger partial charge in [-0.2, -0.15) is 0 Å². The van der Waals surface area contributed by atoms with Crippen molar-refractivity contribution in [1.82, 2.24) is 0 Å². The van der Waals surface area contributed by atoms with Crippen LogP contribution >= 0.6 is 0 Å². The van der Waals surface area contributed by atoms with E-state index in [1.165, 1.54) is 0 Å². The van der Waals surface area contributed by atoms with E-state index < -0.39 is 0 Å². The maximum Gasteiger partial charge on any atom is 0.220 e. The van der Waals surface area contributed by atoms with Gasteiger partial charge in [0.1, 0.15) is 5.69 Å². The molecule has 0 spiro atoms. The van der Waals surface area contributed by atoms with Gasteiger partial charge in [0.2, 0.25) is 5.88 Å². The molecule has 4 aromatic carbocycles. The Kier molecular flexibility index (Phi) is 5.23. The Morgan fingerprint density at radius 3 is 1.48 bits per heavy atom. The summed E-state index contributed by atoms with van der Waals surface area (Å²) in [6.07, 6.45) is 1.70. The summed E-state index contributed by atoms with van der Waals surface area (Å²) in [5.74, 6) is 0.672. The van der Waals surface area contributed by atoms with Crippen LogP contribution in [0.2, 0.25) is 0 Å². The van der Waals surface area contributed by atoms with Crippen molar-refractivity contribution in [2.45, 2.75) is 0 Å². The summed E-state index contributed by atoms with van der Waals surface area (Å²) in [7, 11) is 0. The molecule has 2 N–H and O–H groups in total. The molecular formula is C28H22N2O. The number of benzene rings is 4. The number of hydrogen-bond acceptors (Lipinski definition) is 3. The molecule has 5 rings (SSSR count). The maximum absolute atomic E-state index is 5.80. The zero-order valence-electron chi connectivity index (χ0n) is 17.0. The largest absolute Gasteiger partial charge is 0.446 e. The van der Waals surface area contributed by atoms with Gasteiger partial charge in [-0.25, -0.2) is 0 Å². The molecule has 0 saturated heterocycles. The molecule has 0 radical (unpaired) electrons. The highest BCUT2D eigenvalue weighted by atomic mass is 16.3. The van der Waals surface area contributed by atoms with Gasteiger partial charge in [0.25, 0.3) is 0 Å². The molecule has 0 aliphatic heterocycles. The number of para-hydroxylation sites is 2. The van der Waals surface area contributed by atoms with Crippen LogP contribution in [-0.4, -0.2) is 0 Å². The van der Waals surface area contributed by atoms with Crippen LogP contribution in [0.25, 0.3) is 22.3 Å². The number of hydrogen-bond donors (Lipinski definition) is 2. The third-order valence-electron chi connectivity index (χ3n) is 5.21. The van der Waals surface area contributed by atoms with Gasteiger partial charge in [-0.3, -0.25) is 0 Å². The summed E-state index contributed by atoms with van der Waals surface area (Å²) < 4.78 is 5.80. The molecule has 0 aliphatic carbocycles. The summed E-state index contributed by atoms with van der Waals surface area (Å²) >= 11 is 0. The van der Waals surface area contributed by atoms with Gasteiger partial charge >= 0.3 is 0 Å². The van der Waals surface area contributed by atoms with Crippen LogP contribution in [0.15, 0.2) is 126 Å². The molecule has 5 aromatic rings. The Bertz CT molecular complexity index is 1180. The highest BCUT2D eigenvalue weighted by Gasteiger charge is 2.12. The molecule has 0 aliphatic rings. The van der Waals surface area contributed by atoms with E-state index in [1.54, 1.807) is 6.26 Å². The van der Waals surface area contributed by atoms with Gasteiger partial charge < -0.3 is 15.1 Å². The SMILES string of the molecule is c1ccc(-c2ccccc2Nc2ccoc2Nc2ccccc2-c2ccccc2)cc1. The minimum absolute atomic E-state index is 0.672. The lowest BCUT2D eigenvalue weighted by molar-refractivity contribution is 0.586. The van der Waals surface area contributed by atoms with Gasteiger partial charge in [0.05, 0.1) is 6.26 Å². The van der Waals surface area contributed by atoms with E-state index in [1.807, 2.05) is 48.5 Å². The fraction of sp³-hybridized carbons (Fsp3) is 0. The van der Waals surface area contributed by atoms with Crippen LogP contribution in [0, 0.1) is 0 Å². The fourth-order valence-corrected chi connectivity index (χ4v) is 3.70. The van der Waals surface area contributed by atoms with Crippen molar-refractivity contribution < 1.29 is 4.42 Å². The first kappa shape index (κ1) is 18.8. The zero-order chi connectivity index (χ0) is 20.9. The molecule has 3 nitrogen and oxygen atoms in total. The van der Waals surface area contributed by atoms with Crippen molar-refractivity contribution in [3.63, 3.8) is 0 Å². The molecule has 0 saturated carbocycles. The van der Waals surface area contributed by atoms with Gasteiger partial charge in [-0.15, -0.1) is 0 Å². The molecule has 0 unspecified atom stereocenters. The quantitative estimate of drug-likeness (QED) is 0.301. The first-order valence-corrected chi connectivity index (χ1v) is 10.3. The third kappa shape index (κ3) is 4.07. The van der Waals surface area contributed by atoms with E-state index in [4.69, 9.17) is 4.42 Å². The van der Waals surface area contributed by atoms with E-state index in [9.17, 15) is 0 Å². The van der Waals surface area contributed by atoms with Gasteiger partial charge in [0, 0.05) is 28.6 Å². The molecule has 0 atom stereocenters. The number of nitrogens with one attached hydrogen (secondary N) is 2. The van der Waals surface area contributed by atoms with Crippen LogP contribution < -0.4 is 10.6 Å². The summed E-state index contributed by atoms with van der Waals surface area (Å²) in [6.45, 7) is 0. The van der Waals surface area contributed by atoms with Crippen molar-refractivity contribution >= 4 is 22.9 Å². The molecule has 0 fully saturated rings. The Labute approximate surface area is 182 Å². The van der Waals surface area contributed by atoms with Crippen LogP contribution in [-0.2, 0) is 0 Å². The van der Waals surface area contributed by atoms with Crippen molar-refractivity contribution in [3.05, 3.63) is 122 Å². The van der Waals surface area contributed by atoms with Crippen molar-refractivity contribution in [2.24, 2.45) is 0 Å². The Balaban J connectivity index is 1.46. The summed E-state index contributed by atoms with van der Waals surface area (Å²) in [6, 6.07) is 39.2. The predicted molar refractivity (Wildman–Crippen MR) is 129 cm³/mol. The molecular weight excluding hydrogens is 380 g/mol. The second kappa shape index (κ2) is 8.64. The molecule has 1 heterocycles. The first-order valence-electron chi connectivity index (χ1n) is 10.3. The summed E-state index contributed by atoms with van der Waals surface area (Å²) in [5, 5.41) is 7.01. The van der Waals surface area contributed by atoms with Crippen LogP contribution in [0.1, 0.15) is 0 Å². The standard InChI is InChI=1S/C28H22N2O/c1-3-11-21(12-4-1)23-15-7-9-17-25(23)29-27-19-20-31-28(27)30-26-18-10-8-16-24(26)22-13-5-2-6-14-22/h1-20,29-30H. The van der Waals surface area contributed by atoms with Crippen LogP contribution in [0.3, 0.4) is 0 Å². The molecule has 150 valence electrons. The van der Waals surface area contributed by atoms with Crippen molar-refractivity contribution in [3.8, 4) is 22.3 Å². The second-order valence-corrected chi connectivity index (χ2v) is 7.24. The monoisotopic (exact) mass is 402 g/mol. The van der Waals surface area contributed by atoms with Gasteiger partial charge in [-0.05, 0) is 23.3 Å². The minimum Gasteiger partial charge on any atom is -0.446 e. The molecule has 0 amide bonds. The molecule has 31 heavy (non-hydrogen) atoms. The van der Waals surface area contributed by atoms with Gasteiger partial charge in [-0.1, -0.05) is 97.1 Å². The fourth-order valence-electron chi connectivity index (χ4n) is 3.70.